The summed E-state index contributed by atoms with van der Waals surface area (Å²) >= 11 is 0. The van der Waals surface area contributed by atoms with Crippen LogP contribution >= 0.6 is 0 Å². The Balaban J connectivity index is 1.20. The van der Waals surface area contributed by atoms with Crippen LogP contribution in [0.15, 0.2) is 224 Å². The molecule has 0 bridgehead atoms. The third kappa shape index (κ3) is 5.59. The smallest absolute Gasteiger partial charge is 0.252 e. The van der Waals surface area contributed by atoms with Gasteiger partial charge in [0.2, 0.25) is 0 Å². The molecule has 0 saturated carbocycles. The normalized spacial score (nSPS) is 12.5. The van der Waals surface area contributed by atoms with Gasteiger partial charge < -0.3 is 9.80 Å². The Morgan fingerprint density at radius 3 is 1.32 bits per heavy atom. The molecule has 0 unspecified atom stereocenters. The van der Waals surface area contributed by atoms with E-state index < -0.39 is 0 Å². The fourth-order valence-electron chi connectivity index (χ4n) is 9.10. The van der Waals surface area contributed by atoms with E-state index in [2.05, 4.69) is 234 Å². The first-order valence-electron chi connectivity index (χ1n) is 19.7. The molecule has 0 amide bonds. The van der Waals surface area contributed by atoms with Gasteiger partial charge in [-0.05, 0) is 97.8 Å². The summed E-state index contributed by atoms with van der Waals surface area (Å²) in [7, 11) is 0. The molecule has 0 aliphatic carbocycles. The molecule has 0 spiro atoms. The van der Waals surface area contributed by atoms with E-state index >= 15 is 0 Å². The minimum Gasteiger partial charge on any atom is -0.311 e. The summed E-state index contributed by atoms with van der Waals surface area (Å²) in [4.78, 5) is 5.04. The van der Waals surface area contributed by atoms with Crippen LogP contribution in [0.4, 0.5) is 34.1 Å². The first-order chi connectivity index (χ1) is 28.3. The summed E-state index contributed by atoms with van der Waals surface area (Å²) in [5.74, 6) is 0. The molecule has 0 saturated heterocycles. The Kier molecular flexibility index (Phi) is 7.96. The molecule has 11 rings (SSSR count). The second-order valence-electron chi connectivity index (χ2n) is 14.9. The van der Waals surface area contributed by atoms with Gasteiger partial charge in [-0.3, -0.25) is 0 Å². The van der Waals surface area contributed by atoms with Gasteiger partial charge in [-0.2, -0.15) is 0 Å². The van der Waals surface area contributed by atoms with Crippen molar-refractivity contribution < 1.29 is 0 Å². The molecule has 9 aromatic rings. The second-order valence-corrected chi connectivity index (χ2v) is 14.9. The van der Waals surface area contributed by atoms with Crippen molar-refractivity contribution in [2.75, 3.05) is 9.80 Å². The summed E-state index contributed by atoms with van der Waals surface area (Å²) in [5, 5.41) is 0. The predicted molar refractivity (Wildman–Crippen MR) is 242 cm³/mol. The summed E-state index contributed by atoms with van der Waals surface area (Å²) < 4.78 is 0. The summed E-state index contributed by atoms with van der Waals surface area (Å²) in [6.45, 7) is 0.0109. The van der Waals surface area contributed by atoms with E-state index in [4.69, 9.17) is 0 Å². The van der Waals surface area contributed by atoms with Gasteiger partial charge in [-0.25, -0.2) is 0 Å². The Bertz CT molecular complexity index is 2910. The number of anilines is 6. The number of benzene rings is 9. The van der Waals surface area contributed by atoms with E-state index in [1.165, 1.54) is 83.6 Å². The standard InChI is InChI=1S/C54H37BN2/c1-5-17-38(18-6-1)42-25-13-27-45(35-42)56-50-31-16-32-51-53(50)55(48-34-33-44(37-52(48)56)40-21-9-3-10-22-40)49-30-15-29-47(41-23-11-4-12-24-41)54(49)57(51)46-28-14-26-43(36-46)39-19-7-2-8-20-39/h1-37H. The third-order valence-corrected chi connectivity index (χ3v) is 11.6. The largest absolute Gasteiger partial charge is 0.311 e. The summed E-state index contributed by atoms with van der Waals surface area (Å²) in [6, 6.07) is 82.0. The lowest BCUT2D eigenvalue weighted by Gasteiger charge is -2.45. The fourth-order valence-corrected chi connectivity index (χ4v) is 9.10. The molecule has 0 aromatic heterocycles. The van der Waals surface area contributed by atoms with E-state index in [1.807, 2.05) is 0 Å². The molecule has 2 nitrogen and oxygen atoms in total. The Hall–Kier alpha value is -7.36. The highest BCUT2D eigenvalue weighted by Gasteiger charge is 2.44. The van der Waals surface area contributed by atoms with Crippen LogP contribution in [-0.2, 0) is 0 Å². The maximum absolute atomic E-state index is 2.53. The van der Waals surface area contributed by atoms with Gasteiger partial charge in [0.05, 0.1) is 0 Å². The zero-order chi connectivity index (χ0) is 37.7. The molecular formula is C54H37BN2. The molecule has 2 aliphatic heterocycles. The lowest BCUT2D eigenvalue weighted by atomic mass is 9.33. The van der Waals surface area contributed by atoms with E-state index in [-0.39, 0.29) is 6.71 Å². The first-order valence-corrected chi connectivity index (χ1v) is 19.7. The molecule has 0 N–H and O–H groups in total. The van der Waals surface area contributed by atoms with Crippen LogP contribution in [-0.4, -0.2) is 6.71 Å². The van der Waals surface area contributed by atoms with Crippen molar-refractivity contribution in [2.24, 2.45) is 0 Å². The van der Waals surface area contributed by atoms with Crippen LogP contribution in [0.1, 0.15) is 0 Å². The molecule has 3 heteroatoms. The fraction of sp³-hybridized carbons (Fsp3) is 0. The zero-order valence-corrected chi connectivity index (χ0v) is 31.3. The third-order valence-electron chi connectivity index (χ3n) is 11.6. The highest BCUT2D eigenvalue weighted by Crippen LogP contribution is 2.47. The highest BCUT2D eigenvalue weighted by atomic mass is 15.2. The number of hydrogen-bond donors (Lipinski definition) is 0. The van der Waals surface area contributed by atoms with Crippen molar-refractivity contribution in [3.05, 3.63) is 224 Å². The van der Waals surface area contributed by atoms with Crippen LogP contribution < -0.4 is 26.2 Å². The lowest BCUT2D eigenvalue weighted by Crippen LogP contribution is -2.61. The van der Waals surface area contributed by atoms with E-state index in [0.717, 1.165) is 11.4 Å². The van der Waals surface area contributed by atoms with Crippen molar-refractivity contribution in [3.8, 4) is 44.5 Å². The van der Waals surface area contributed by atoms with Gasteiger partial charge in [0.15, 0.2) is 0 Å². The van der Waals surface area contributed by atoms with Crippen molar-refractivity contribution >= 4 is 57.2 Å². The molecule has 57 heavy (non-hydrogen) atoms. The molecule has 2 heterocycles. The van der Waals surface area contributed by atoms with Crippen LogP contribution in [0.2, 0.25) is 0 Å². The van der Waals surface area contributed by atoms with Gasteiger partial charge in [0.25, 0.3) is 6.71 Å². The Morgan fingerprint density at radius 1 is 0.281 bits per heavy atom. The Labute approximate surface area is 334 Å². The average Bonchev–Trinajstić information content (AvgIpc) is 3.30. The highest BCUT2D eigenvalue weighted by molar-refractivity contribution is 7.00. The number of rotatable bonds is 6. The lowest BCUT2D eigenvalue weighted by molar-refractivity contribution is 1.25. The van der Waals surface area contributed by atoms with Crippen molar-refractivity contribution in [1.29, 1.82) is 0 Å². The summed E-state index contributed by atoms with van der Waals surface area (Å²) in [6.07, 6.45) is 0. The van der Waals surface area contributed by atoms with Gasteiger partial charge >= 0.3 is 0 Å². The van der Waals surface area contributed by atoms with E-state index in [0.29, 0.717) is 0 Å². The average molecular weight is 725 g/mol. The minimum atomic E-state index is 0.0109. The van der Waals surface area contributed by atoms with Crippen LogP contribution in [0.5, 0.6) is 0 Å². The molecule has 2 aliphatic rings. The maximum Gasteiger partial charge on any atom is 0.252 e. The van der Waals surface area contributed by atoms with E-state index in [9.17, 15) is 0 Å². The zero-order valence-electron chi connectivity index (χ0n) is 31.3. The van der Waals surface area contributed by atoms with Gasteiger partial charge in [0.1, 0.15) is 0 Å². The summed E-state index contributed by atoms with van der Waals surface area (Å²) in [5.41, 5.74) is 20.6. The van der Waals surface area contributed by atoms with Crippen molar-refractivity contribution in [2.45, 2.75) is 0 Å². The molecule has 0 radical (unpaired) electrons. The van der Waals surface area contributed by atoms with Gasteiger partial charge in [0, 0.05) is 39.7 Å². The van der Waals surface area contributed by atoms with Crippen LogP contribution in [0.25, 0.3) is 44.5 Å². The monoisotopic (exact) mass is 724 g/mol. The van der Waals surface area contributed by atoms with Crippen LogP contribution in [0, 0.1) is 0 Å². The number of para-hydroxylation sites is 1. The molecule has 0 fully saturated rings. The number of hydrogen-bond acceptors (Lipinski definition) is 2. The molecular weight excluding hydrogens is 687 g/mol. The molecule has 266 valence electrons. The van der Waals surface area contributed by atoms with Crippen molar-refractivity contribution in [3.63, 3.8) is 0 Å². The topological polar surface area (TPSA) is 6.48 Å². The second kappa shape index (κ2) is 13.7. The van der Waals surface area contributed by atoms with Gasteiger partial charge in [-0.1, -0.05) is 182 Å². The van der Waals surface area contributed by atoms with Gasteiger partial charge in [-0.15, -0.1) is 0 Å². The quantitative estimate of drug-likeness (QED) is 0.158. The van der Waals surface area contributed by atoms with Crippen molar-refractivity contribution in [1.82, 2.24) is 0 Å². The SMILES string of the molecule is c1ccc(-c2cccc(N3c4cc(-c5ccccc5)ccc4B4c5cccc(-c6ccccc6)c5N(c5cccc(-c6ccccc6)c5)c5cccc3c54)c2)cc1. The predicted octanol–water partition coefficient (Wildman–Crippen LogP) is 12.4. The number of fused-ring (bicyclic) bond motifs is 4. The van der Waals surface area contributed by atoms with Crippen LogP contribution in [0.3, 0.4) is 0 Å². The first kappa shape index (κ1) is 33.0. The van der Waals surface area contributed by atoms with E-state index in [1.54, 1.807) is 0 Å². The molecule has 9 aromatic carbocycles. The minimum absolute atomic E-state index is 0.0109. The Morgan fingerprint density at radius 2 is 0.737 bits per heavy atom. The number of nitrogens with zero attached hydrogens (tertiary/aromatic N) is 2. The maximum atomic E-state index is 2.53. The molecule has 0 atom stereocenters.